The number of aliphatic hydroxyl groups is 1. The van der Waals surface area contributed by atoms with Crippen molar-refractivity contribution in [2.75, 3.05) is 18.0 Å². The van der Waals surface area contributed by atoms with Gasteiger partial charge in [-0.25, -0.2) is 0 Å². The first kappa shape index (κ1) is 14.1. The molecule has 6 heteroatoms. The molecule has 1 atom stereocenters. The van der Waals surface area contributed by atoms with Crippen molar-refractivity contribution in [3.8, 4) is 0 Å². The molecule has 1 aliphatic rings. The van der Waals surface area contributed by atoms with Gasteiger partial charge in [0.15, 0.2) is 0 Å². The minimum atomic E-state index is -0.637. The molecule has 1 N–H and O–H groups in total. The van der Waals surface area contributed by atoms with Gasteiger partial charge in [-0.15, -0.1) is 0 Å². The van der Waals surface area contributed by atoms with Crippen LogP contribution < -0.4 is 4.90 Å². The van der Waals surface area contributed by atoms with Crippen molar-refractivity contribution >= 4 is 23.0 Å². The zero-order chi connectivity index (χ0) is 14.0. The topological polar surface area (TPSA) is 66.6 Å². The molecule has 0 saturated carbocycles. The van der Waals surface area contributed by atoms with Gasteiger partial charge >= 0.3 is 0 Å². The number of hydrogen-bond donors (Lipinski definition) is 1. The van der Waals surface area contributed by atoms with Crippen molar-refractivity contribution in [1.82, 2.24) is 0 Å². The van der Waals surface area contributed by atoms with E-state index < -0.39 is 10.5 Å². The standard InChI is InChI=1S/C13H17ClN2O3/c1-13(17)5-2-7-15(8-6-13)12-4-3-10(16(18)19)9-11(12)14/h3-4,9,17H,2,5-8H2,1H3. The second kappa shape index (κ2) is 5.35. The van der Waals surface area contributed by atoms with Gasteiger partial charge in [0.2, 0.25) is 0 Å². The quantitative estimate of drug-likeness (QED) is 0.670. The van der Waals surface area contributed by atoms with Crippen LogP contribution in [0.2, 0.25) is 5.02 Å². The van der Waals surface area contributed by atoms with Crippen molar-refractivity contribution in [2.24, 2.45) is 0 Å². The van der Waals surface area contributed by atoms with Crippen LogP contribution >= 0.6 is 11.6 Å². The Hall–Kier alpha value is -1.33. The Morgan fingerprint density at radius 1 is 1.42 bits per heavy atom. The van der Waals surface area contributed by atoms with Gasteiger partial charge in [-0.2, -0.15) is 0 Å². The summed E-state index contributed by atoms with van der Waals surface area (Å²) in [4.78, 5) is 12.3. The van der Waals surface area contributed by atoms with Crippen molar-refractivity contribution in [3.05, 3.63) is 33.3 Å². The van der Waals surface area contributed by atoms with E-state index in [1.165, 1.54) is 12.1 Å². The molecule has 1 aromatic carbocycles. The summed E-state index contributed by atoms with van der Waals surface area (Å²) in [6.45, 7) is 3.34. The number of nitrogens with zero attached hydrogens (tertiary/aromatic N) is 2. The van der Waals surface area contributed by atoms with E-state index in [1.54, 1.807) is 6.07 Å². The lowest BCUT2D eigenvalue weighted by Gasteiger charge is -2.25. The predicted octanol–water partition coefficient (Wildman–Crippen LogP) is 2.99. The molecule has 1 aromatic rings. The van der Waals surface area contributed by atoms with Gasteiger partial charge in [-0.3, -0.25) is 10.1 Å². The first-order chi connectivity index (χ1) is 8.89. The largest absolute Gasteiger partial charge is 0.390 e. The molecule has 1 aliphatic heterocycles. The first-order valence-electron chi connectivity index (χ1n) is 6.30. The molecule has 1 fully saturated rings. The Morgan fingerprint density at radius 2 is 2.16 bits per heavy atom. The smallest absolute Gasteiger partial charge is 0.271 e. The van der Waals surface area contributed by atoms with Crippen LogP contribution in [0.5, 0.6) is 0 Å². The third-order valence-corrected chi connectivity index (χ3v) is 3.85. The maximum absolute atomic E-state index is 10.7. The van der Waals surface area contributed by atoms with Crippen LogP contribution in [-0.2, 0) is 0 Å². The lowest BCUT2D eigenvalue weighted by Crippen LogP contribution is -2.28. The van der Waals surface area contributed by atoms with E-state index in [0.29, 0.717) is 18.0 Å². The lowest BCUT2D eigenvalue weighted by molar-refractivity contribution is -0.384. The first-order valence-corrected chi connectivity index (χ1v) is 6.68. The summed E-state index contributed by atoms with van der Waals surface area (Å²) in [6, 6.07) is 4.52. The van der Waals surface area contributed by atoms with Crippen molar-refractivity contribution in [2.45, 2.75) is 31.8 Å². The van der Waals surface area contributed by atoms with Gasteiger partial charge in [-0.1, -0.05) is 11.6 Å². The Kier molecular flexibility index (Phi) is 3.96. The zero-order valence-corrected chi connectivity index (χ0v) is 11.6. The number of halogens is 1. The Balaban J connectivity index is 2.20. The summed E-state index contributed by atoms with van der Waals surface area (Å²) in [5.41, 5.74) is 0.155. The van der Waals surface area contributed by atoms with E-state index >= 15 is 0 Å². The molecule has 5 nitrogen and oxygen atoms in total. The van der Waals surface area contributed by atoms with Crippen molar-refractivity contribution in [1.29, 1.82) is 0 Å². The molecule has 2 rings (SSSR count). The van der Waals surface area contributed by atoms with Gasteiger partial charge in [0.05, 0.1) is 21.2 Å². The number of nitro groups is 1. The molecule has 0 aromatic heterocycles. The fourth-order valence-electron chi connectivity index (χ4n) is 2.37. The Labute approximate surface area is 116 Å². The van der Waals surface area contributed by atoms with E-state index in [-0.39, 0.29) is 5.69 Å². The van der Waals surface area contributed by atoms with E-state index in [0.717, 1.165) is 25.1 Å². The number of rotatable bonds is 2. The minimum absolute atomic E-state index is 0.00410. The molecular formula is C13H17ClN2O3. The van der Waals surface area contributed by atoms with E-state index in [9.17, 15) is 15.2 Å². The fourth-order valence-corrected chi connectivity index (χ4v) is 2.66. The average Bonchev–Trinajstić information content (AvgIpc) is 2.50. The highest BCUT2D eigenvalue weighted by molar-refractivity contribution is 6.33. The highest BCUT2D eigenvalue weighted by Crippen LogP contribution is 2.32. The monoisotopic (exact) mass is 284 g/mol. The van der Waals surface area contributed by atoms with Crippen molar-refractivity contribution in [3.63, 3.8) is 0 Å². The summed E-state index contributed by atoms with van der Waals surface area (Å²) < 4.78 is 0. The Morgan fingerprint density at radius 3 is 2.79 bits per heavy atom. The van der Waals surface area contributed by atoms with Gasteiger partial charge < -0.3 is 10.0 Å². The van der Waals surface area contributed by atoms with E-state index in [4.69, 9.17) is 11.6 Å². The third-order valence-electron chi connectivity index (χ3n) is 3.55. The summed E-state index contributed by atoms with van der Waals surface area (Å²) >= 11 is 6.12. The van der Waals surface area contributed by atoms with E-state index in [1.807, 2.05) is 6.92 Å². The van der Waals surface area contributed by atoms with Gasteiger partial charge in [-0.05, 0) is 32.3 Å². The number of hydrogen-bond acceptors (Lipinski definition) is 4. The maximum Gasteiger partial charge on any atom is 0.271 e. The molecule has 1 saturated heterocycles. The second-order valence-electron chi connectivity index (χ2n) is 5.23. The summed E-state index contributed by atoms with van der Waals surface area (Å²) in [5, 5.41) is 21.1. The van der Waals surface area contributed by atoms with Crippen molar-refractivity contribution < 1.29 is 10.0 Å². The summed E-state index contributed by atoms with van der Waals surface area (Å²) in [6.07, 6.45) is 2.30. The molecule has 0 radical (unpaired) electrons. The van der Waals surface area contributed by atoms with Crippen LogP contribution in [-0.4, -0.2) is 28.7 Å². The number of anilines is 1. The molecular weight excluding hydrogens is 268 g/mol. The van der Waals surface area contributed by atoms with Gasteiger partial charge in [0.1, 0.15) is 0 Å². The average molecular weight is 285 g/mol. The molecule has 1 heterocycles. The molecule has 1 unspecified atom stereocenters. The van der Waals surface area contributed by atoms with Crippen LogP contribution in [0.25, 0.3) is 0 Å². The molecule has 0 bridgehead atoms. The van der Waals surface area contributed by atoms with Gasteiger partial charge in [0.25, 0.3) is 5.69 Å². The van der Waals surface area contributed by atoms with Crippen LogP contribution in [0.15, 0.2) is 18.2 Å². The van der Waals surface area contributed by atoms with E-state index in [2.05, 4.69) is 4.90 Å². The van der Waals surface area contributed by atoms with Gasteiger partial charge in [0, 0.05) is 25.2 Å². The Bertz CT molecular complexity index is 491. The number of nitro benzene ring substituents is 1. The number of benzene rings is 1. The van der Waals surface area contributed by atoms with Crippen LogP contribution in [0.3, 0.4) is 0 Å². The van der Waals surface area contributed by atoms with Crippen LogP contribution in [0.1, 0.15) is 26.2 Å². The SMILES string of the molecule is CC1(O)CCCN(c2ccc([N+](=O)[O-])cc2Cl)CC1. The predicted molar refractivity (Wildman–Crippen MR) is 74.8 cm³/mol. The highest BCUT2D eigenvalue weighted by Gasteiger charge is 2.26. The second-order valence-corrected chi connectivity index (χ2v) is 5.64. The summed E-state index contributed by atoms with van der Waals surface area (Å²) in [7, 11) is 0. The molecule has 0 spiro atoms. The fraction of sp³-hybridized carbons (Fsp3) is 0.538. The van der Waals surface area contributed by atoms with Crippen LogP contribution in [0.4, 0.5) is 11.4 Å². The maximum atomic E-state index is 10.7. The molecule has 0 amide bonds. The third kappa shape index (κ3) is 3.36. The zero-order valence-electron chi connectivity index (χ0n) is 10.8. The summed E-state index contributed by atoms with van der Waals surface area (Å²) in [5.74, 6) is 0. The molecule has 104 valence electrons. The van der Waals surface area contributed by atoms with Crippen LogP contribution in [0, 0.1) is 10.1 Å². The normalized spacial score (nSPS) is 24.1. The number of non-ortho nitro benzene ring substituents is 1. The molecule has 0 aliphatic carbocycles. The highest BCUT2D eigenvalue weighted by atomic mass is 35.5. The lowest BCUT2D eigenvalue weighted by atomic mass is 9.98. The minimum Gasteiger partial charge on any atom is -0.390 e. The molecule has 19 heavy (non-hydrogen) atoms.